The van der Waals surface area contributed by atoms with Crippen LogP contribution in [0, 0.1) is 0 Å². The van der Waals surface area contributed by atoms with Crippen LogP contribution in [0.3, 0.4) is 0 Å². The summed E-state index contributed by atoms with van der Waals surface area (Å²) in [5, 5.41) is 3.57. The smallest absolute Gasteiger partial charge is 0.322 e. The molecule has 0 saturated carbocycles. The van der Waals surface area contributed by atoms with Crippen LogP contribution in [0.2, 0.25) is 5.02 Å². The molecule has 3 aromatic carbocycles. The minimum Gasteiger partial charge on any atom is -0.493 e. The number of para-hydroxylation sites is 2. The zero-order chi connectivity index (χ0) is 24.1. The molecule has 1 atom stereocenters. The van der Waals surface area contributed by atoms with Crippen molar-refractivity contribution >= 4 is 23.3 Å². The van der Waals surface area contributed by atoms with Crippen LogP contribution in [0.5, 0.6) is 23.0 Å². The van der Waals surface area contributed by atoms with Gasteiger partial charge in [-0.1, -0.05) is 23.7 Å². The topological polar surface area (TPSA) is 69.3 Å². The van der Waals surface area contributed by atoms with E-state index in [1.54, 1.807) is 50.5 Å². The van der Waals surface area contributed by atoms with Gasteiger partial charge in [-0.3, -0.25) is 0 Å². The summed E-state index contributed by atoms with van der Waals surface area (Å²) < 4.78 is 22.6. The number of anilines is 1. The highest BCUT2D eigenvalue weighted by Gasteiger charge is 2.33. The third-order valence-electron chi connectivity index (χ3n) is 5.82. The summed E-state index contributed by atoms with van der Waals surface area (Å²) >= 11 is 5.98. The summed E-state index contributed by atoms with van der Waals surface area (Å²) in [6, 6.07) is 17.8. The summed E-state index contributed by atoms with van der Waals surface area (Å²) in [5.41, 5.74) is 2.70. The number of nitrogens with zero attached hydrogens (tertiary/aromatic N) is 1. The number of rotatable bonds is 7. The Hall–Kier alpha value is -3.58. The van der Waals surface area contributed by atoms with Crippen LogP contribution in [-0.2, 0) is 6.42 Å². The van der Waals surface area contributed by atoms with Gasteiger partial charge in [-0.2, -0.15) is 0 Å². The molecule has 0 bridgehead atoms. The molecule has 0 saturated heterocycles. The van der Waals surface area contributed by atoms with Crippen molar-refractivity contribution in [3.05, 3.63) is 76.8 Å². The van der Waals surface area contributed by atoms with Gasteiger partial charge in [-0.05, 0) is 66.1 Å². The van der Waals surface area contributed by atoms with E-state index in [0.29, 0.717) is 46.7 Å². The molecule has 34 heavy (non-hydrogen) atoms. The standard InChI is InChI=1S/C26H27ClN2O5/c1-31-22-6-4-5-7-23(22)34-16-21-20-15-25(33-3)24(32-2)14-17(20)12-13-29(21)26(30)28-19-10-8-18(27)9-11-19/h4-11,14-15,21H,12-13,16H2,1-3H3,(H,28,30). The van der Waals surface area contributed by atoms with E-state index in [-0.39, 0.29) is 18.7 Å². The Balaban J connectivity index is 1.66. The zero-order valence-electron chi connectivity index (χ0n) is 19.3. The molecule has 1 unspecified atom stereocenters. The maximum absolute atomic E-state index is 13.3. The summed E-state index contributed by atoms with van der Waals surface area (Å²) in [6.07, 6.45) is 0.675. The first-order valence-electron chi connectivity index (χ1n) is 10.9. The molecule has 4 rings (SSSR count). The second kappa shape index (κ2) is 10.6. The number of ether oxygens (including phenoxy) is 4. The van der Waals surface area contributed by atoms with Crippen molar-refractivity contribution < 1.29 is 23.7 Å². The molecular weight excluding hydrogens is 456 g/mol. The average molecular weight is 483 g/mol. The molecule has 0 spiro atoms. The van der Waals surface area contributed by atoms with Crippen LogP contribution in [0.25, 0.3) is 0 Å². The molecule has 2 amide bonds. The average Bonchev–Trinajstić information content (AvgIpc) is 2.87. The number of hydrogen-bond acceptors (Lipinski definition) is 5. The van der Waals surface area contributed by atoms with Gasteiger partial charge in [0.15, 0.2) is 23.0 Å². The van der Waals surface area contributed by atoms with Gasteiger partial charge in [-0.25, -0.2) is 4.79 Å². The van der Waals surface area contributed by atoms with Gasteiger partial charge in [0.1, 0.15) is 6.61 Å². The lowest BCUT2D eigenvalue weighted by Gasteiger charge is -2.37. The van der Waals surface area contributed by atoms with E-state index in [4.69, 9.17) is 30.5 Å². The van der Waals surface area contributed by atoms with E-state index < -0.39 is 0 Å². The van der Waals surface area contributed by atoms with Crippen molar-refractivity contribution in [3.63, 3.8) is 0 Å². The third kappa shape index (κ3) is 4.99. The number of carbonyl (C=O) groups excluding carboxylic acids is 1. The number of halogens is 1. The van der Waals surface area contributed by atoms with E-state index in [0.717, 1.165) is 11.1 Å². The first-order chi connectivity index (χ1) is 16.5. The fraction of sp³-hybridized carbons (Fsp3) is 0.269. The molecule has 3 aromatic rings. The Bertz CT molecular complexity index is 1150. The number of hydrogen-bond donors (Lipinski definition) is 1. The van der Waals surface area contributed by atoms with Gasteiger partial charge < -0.3 is 29.2 Å². The van der Waals surface area contributed by atoms with Crippen molar-refractivity contribution in [2.75, 3.05) is 39.8 Å². The summed E-state index contributed by atoms with van der Waals surface area (Å²) in [7, 11) is 4.81. The third-order valence-corrected chi connectivity index (χ3v) is 6.08. The SMILES string of the molecule is COc1cc2c(cc1OC)C(COc1ccccc1OC)N(C(=O)Nc1ccc(Cl)cc1)CC2. The maximum Gasteiger partial charge on any atom is 0.322 e. The van der Waals surface area contributed by atoms with Crippen LogP contribution >= 0.6 is 11.6 Å². The van der Waals surface area contributed by atoms with Crippen LogP contribution in [0.15, 0.2) is 60.7 Å². The Morgan fingerprint density at radius 3 is 2.26 bits per heavy atom. The van der Waals surface area contributed by atoms with Crippen molar-refractivity contribution in [1.29, 1.82) is 0 Å². The number of fused-ring (bicyclic) bond motifs is 1. The normalized spacial score (nSPS) is 14.7. The lowest BCUT2D eigenvalue weighted by atomic mass is 9.92. The quantitative estimate of drug-likeness (QED) is 0.476. The van der Waals surface area contributed by atoms with Gasteiger partial charge in [0.25, 0.3) is 0 Å². The highest BCUT2D eigenvalue weighted by Crippen LogP contribution is 2.39. The highest BCUT2D eigenvalue weighted by molar-refractivity contribution is 6.30. The fourth-order valence-corrected chi connectivity index (χ4v) is 4.21. The summed E-state index contributed by atoms with van der Waals surface area (Å²) in [4.78, 5) is 15.1. The lowest BCUT2D eigenvalue weighted by molar-refractivity contribution is 0.142. The van der Waals surface area contributed by atoms with Crippen LogP contribution in [0.4, 0.5) is 10.5 Å². The second-order valence-corrected chi connectivity index (χ2v) is 8.20. The fourth-order valence-electron chi connectivity index (χ4n) is 4.09. The molecule has 178 valence electrons. The van der Waals surface area contributed by atoms with E-state index in [1.165, 1.54) is 0 Å². The van der Waals surface area contributed by atoms with Crippen molar-refractivity contribution in [2.24, 2.45) is 0 Å². The Labute approximate surface area is 204 Å². The monoisotopic (exact) mass is 482 g/mol. The first kappa shape index (κ1) is 23.6. The van der Waals surface area contributed by atoms with E-state index in [2.05, 4.69) is 5.32 Å². The molecule has 0 fully saturated rings. The Morgan fingerprint density at radius 2 is 1.59 bits per heavy atom. The van der Waals surface area contributed by atoms with E-state index >= 15 is 0 Å². The molecule has 7 nitrogen and oxygen atoms in total. The van der Waals surface area contributed by atoms with Gasteiger partial charge >= 0.3 is 6.03 Å². The van der Waals surface area contributed by atoms with E-state index in [1.807, 2.05) is 36.4 Å². The van der Waals surface area contributed by atoms with Gasteiger partial charge in [0, 0.05) is 17.3 Å². The number of urea groups is 1. The van der Waals surface area contributed by atoms with Crippen molar-refractivity contribution in [2.45, 2.75) is 12.5 Å². The Kier molecular flexibility index (Phi) is 7.33. The molecule has 1 N–H and O–H groups in total. The van der Waals surface area contributed by atoms with Crippen molar-refractivity contribution in [1.82, 2.24) is 4.90 Å². The molecule has 1 aliphatic heterocycles. The van der Waals surface area contributed by atoms with Crippen molar-refractivity contribution in [3.8, 4) is 23.0 Å². The van der Waals surface area contributed by atoms with Crippen LogP contribution in [-0.4, -0.2) is 45.4 Å². The number of nitrogens with one attached hydrogen (secondary N) is 1. The predicted molar refractivity (Wildman–Crippen MR) is 132 cm³/mol. The molecule has 1 aliphatic rings. The first-order valence-corrected chi connectivity index (χ1v) is 11.3. The number of amides is 2. The summed E-state index contributed by atoms with van der Waals surface area (Å²) in [6.45, 7) is 0.749. The zero-order valence-corrected chi connectivity index (χ0v) is 20.1. The van der Waals surface area contributed by atoms with Gasteiger partial charge in [0.05, 0.1) is 27.4 Å². The molecule has 8 heteroatoms. The van der Waals surface area contributed by atoms with E-state index in [9.17, 15) is 4.79 Å². The number of benzene rings is 3. The van der Waals surface area contributed by atoms with Crippen LogP contribution < -0.4 is 24.3 Å². The molecule has 0 radical (unpaired) electrons. The van der Waals surface area contributed by atoms with Gasteiger partial charge in [0.2, 0.25) is 0 Å². The minimum absolute atomic E-state index is 0.226. The molecule has 0 aliphatic carbocycles. The second-order valence-electron chi connectivity index (χ2n) is 7.76. The van der Waals surface area contributed by atoms with Gasteiger partial charge in [-0.15, -0.1) is 0 Å². The molecular formula is C26H27ClN2O5. The number of methoxy groups -OCH3 is 3. The highest BCUT2D eigenvalue weighted by atomic mass is 35.5. The molecule has 0 aromatic heterocycles. The minimum atomic E-state index is -0.360. The molecule has 1 heterocycles. The Morgan fingerprint density at radius 1 is 0.941 bits per heavy atom. The summed E-state index contributed by atoms with van der Waals surface area (Å²) in [5.74, 6) is 2.49. The maximum atomic E-state index is 13.3. The predicted octanol–water partition coefficient (Wildman–Crippen LogP) is 5.58. The number of carbonyl (C=O) groups is 1. The largest absolute Gasteiger partial charge is 0.493 e. The van der Waals surface area contributed by atoms with Crippen LogP contribution in [0.1, 0.15) is 17.2 Å². The lowest BCUT2D eigenvalue weighted by Crippen LogP contribution is -2.44.